The van der Waals surface area contributed by atoms with E-state index in [-0.39, 0.29) is 10.8 Å². The normalized spacial score (nSPS) is 38.0. The Morgan fingerprint density at radius 2 is 1.76 bits per heavy atom. The molecule has 0 spiro atoms. The molecule has 1 rings (SSSR count). The van der Waals surface area contributed by atoms with Crippen molar-refractivity contribution in [3.8, 4) is 0 Å². The highest BCUT2D eigenvalue weighted by molar-refractivity contribution is 5.67. The van der Waals surface area contributed by atoms with Crippen LogP contribution in [0.3, 0.4) is 0 Å². The Bertz CT molecular complexity index is 295. The Morgan fingerprint density at radius 3 is 2.12 bits per heavy atom. The Balaban J connectivity index is 3.10. The summed E-state index contributed by atoms with van der Waals surface area (Å²) in [5, 5.41) is 9.10. The zero-order valence-electron chi connectivity index (χ0n) is 12.2. The van der Waals surface area contributed by atoms with Crippen molar-refractivity contribution < 1.29 is 9.90 Å². The minimum atomic E-state index is -0.644. The first-order valence-electron chi connectivity index (χ1n) is 6.88. The quantitative estimate of drug-likeness (QED) is 0.799. The highest BCUT2D eigenvalue weighted by Crippen LogP contribution is 2.63. The van der Waals surface area contributed by atoms with Gasteiger partial charge in [-0.05, 0) is 41.4 Å². The molecule has 0 radical (unpaired) electrons. The number of carboxylic acid groups (broad SMARTS) is 1. The molecule has 100 valence electrons. The smallest absolute Gasteiger partial charge is 0.303 e. The molecule has 1 aliphatic carbocycles. The molecule has 0 amide bonds. The number of hydrogen-bond acceptors (Lipinski definition) is 1. The number of rotatable bonds is 4. The molecule has 2 heteroatoms. The van der Waals surface area contributed by atoms with Gasteiger partial charge < -0.3 is 5.11 Å². The first-order valence-corrected chi connectivity index (χ1v) is 6.88. The van der Waals surface area contributed by atoms with E-state index < -0.39 is 5.97 Å². The second kappa shape index (κ2) is 4.62. The van der Waals surface area contributed by atoms with Crippen LogP contribution in [0.2, 0.25) is 0 Å². The van der Waals surface area contributed by atoms with E-state index in [1.54, 1.807) is 0 Å². The van der Waals surface area contributed by atoms with Crippen LogP contribution in [0.15, 0.2) is 0 Å². The third kappa shape index (κ3) is 2.11. The Labute approximate surface area is 106 Å². The lowest BCUT2D eigenvalue weighted by Crippen LogP contribution is -2.45. The van der Waals surface area contributed by atoms with Crippen molar-refractivity contribution in [3.05, 3.63) is 0 Å². The molecular formula is C15H28O2. The van der Waals surface area contributed by atoms with Gasteiger partial charge in [0.15, 0.2) is 0 Å². The molecule has 0 heterocycles. The van der Waals surface area contributed by atoms with Crippen molar-refractivity contribution in [3.63, 3.8) is 0 Å². The number of hydrogen-bond donors (Lipinski definition) is 1. The standard InChI is InChI=1S/C15H28O2/c1-10(2)14(5)8-7-12(9-13(16)17)15(14,6)11(3)4/h10-12H,7-9H2,1-6H3,(H,16,17). The molecule has 0 bridgehead atoms. The van der Waals surface area contributed by atoms with Crippen LogP contribution in [0.1, 0.15) is 60.8 Å². The van der Waals surface area contributed by atoms with Gasteiger partial charge in [0.05, 0.1) is 0 Å². The van der Waals surface area contributed by atoms with Crippen LogP contribution < -0.4 is 0 Å². The van der Waals surface area contributed by atoms with Crippen LogP contribution in [0.4, 0.5) is 0 Å². The van der Waals surface area contributed by atoms with Crippen LogP contribution in [0.25, 0.3) is 0 Å². The van der Waals surface area contributed by atoms with Gasteiger partial charge in [0.2, 0.25) is 0 Å². The van der Waals surface area contributed by atoms with Gasteiger partial charge in [-0.25, -0.2) is 0 Å². The Morgan fingerprint density at radius 1 is 1.24 bits per heavy atom. The lowest BCUT2D eigenvalue weighted by molar-refractivity contribution is -0.140. The Hall–Kier alpha value is -0.530. The zero-order valence-corrected chi connectivity index (χ0v) is 12.2. The van der Waals surface area contributed by atoms with Gasteiger partial charge in [-0.3, -0.25) is 4.79 Å². The highest BCUT2D eigenvalue weighted by atomic mass is 16.4. The summed E-state index contributed by atoms with van der Waals surface area (Å²) in [5.74, 6) is 0.817. The predicted molar refractivity (Wildman–Crippen MR) is 70.9 cm³/mol. The molecule has 0 saturated heterocycles. The minimum absolute atomic E-state index is 0.138. The van der Waals surface area contributed by atoms with E-state index in [2.05, 4.69) is 41.5 Å². The summed E-state index contributed by atoms with van der Waals surface area (Å²) < 4.78 is 0. The highest BCUT2D eigenvalue weighted by Gasteiger charge is 2.57. The van der Waals surface area contributed by atoms with Crippen molar-refractivity contribution >= 4 is 5.97 Å². The van der Waals surface area contributed by atoms with Gasteiger partial charge in [0, 0.05) is 6.42 Å². The number of carbonyl (C=O) groups is 1. The van der Waals surface area contributed by atoms with Crippen LogP contribution >= 0.6 is 0 Å². The van der Waals surface area contributed by atoms with Gasteiger partial charge in [-0.2, -0.15) is 0 Å². The van der Waals surface area contributed by atoms with Gasteiger partial charge in [0.25, 0.3) is 0 Å². The lowest BCUT2D eigenvalue weighted by atomic mass is 9.54. The molecule has 0 aromatic rings. The largest absolute Gasteiger partial charge is 0.481 e. The van der Waals surface area contributed by atoms with Crippen molar-refractivity contribution in [1.29, 1.82) is 0 Å². The zero-order chi connectivity index (χ0) is 13.4. The molecule has 3 unspecified atom stereocenters. The van der Waals surface area contributed by atoms with Crippen LogP contribution in [-0.2, 0) is 4.79 Å². The van der Waals surface area contributed by atoms with Crippen molar-refractivity contribution in [1.82, 2.24) is 0 Å². The molecule has 0 aliphatic heterocycles. The summed E-state index contributed by atoms with van der Waals surface area (Å²) in [6.07, 6.45) is 2.56. The summed E-state index contributed by atoms with van der Waals surface area (Å²) in [6, 6.07) is 0. The fourth-order valence-corrected chi connectivity index (χ4v) is 4.08. The minimum Gasteiger partial charge on any atom is -0.481 e. The van der Waals surface area contributed by atoms with Crippen LogP contribution in [0, 0.1) is 28.6 Å². The molecule has 0 aromatic carbocycles. The molecule has 2 nitrogen and oxygen atoms in total. The van der Waals surface area contributed by atoms with E-state index in [0.29, 0.717) is 24.2 Å². The van der Waals surface area contributed by atoms with E-state index in [1.165, 1.54) is 0 Å². The third-order valence-electron chi connectivity index (χ3n) is 5.99. The van der Waals surface area contributed by atoms with Gasteiger partial charge in [-0.1, -0.05) is 41.5 Å². The molecular weight excluding hydrogens is 212 g/mol. The van der Waals surface area contributed by atoms with Crippen molar-refractivity contribution in [2.75, 3.05) is 0 Å². The van der Waals surface area contributed by atoms with E-state index in [0.717, 1.165) is 12.8 Å². The third-order valence-corrected chi connectivity index (χ3v) is 5.99. The topological polar surface area (TPSA) is 37.3 Å². The van der Waals surface area contributed by atoms with Crippen LogP contribution in [0.5, 0.6) is 0 Å². The average molecular weight is 240 g/mol. The second-order valence-electron chi connectivity index (χ2n) is 6.84. The molecule has 0 aromatic heterocycles. The van der Waals surface area contributed by atoms with E-state index in [9.17, 15) is 4.79 Å². The average Bonchev–Trinajstić information content (AvgIpc) is 2.44. The van der Waals surface area contributed by atoms with Crippen LogP contribution in [-0.4, -0.2) is 11.1 Å². The van der Waals surface area contributed by atoms with E-state index in [4.69, 9.17) is 5.11 Å². The number of carboxylic acids is 1. The molecule has 17 heavy (non-hydrogen) atoms. The second-order valence-corrected chi connectivity index (χ2v) is 6.84. The SMILES string of the molecule is CC(C)C1(C)CCC(CC(=O)O)C1(C)C(C)C. The fourth-order valence-electron chi connectivity index (χ4n) is 4.08. The molecule has 1 fully saturated rings. The lowest BCUT2D eigenvalue weighted by Gasteiger charge is -2.50. The molecule has 3 atom stereocenters. The van der Waals surface area contributed by atoms with Crippen molar-refractivity contribution in [2.45, 2.75) is 60.8 Å². The summed E-state index contributed by atoms with van der Waals surface area (Å²) >= 11 is 0. The fraction of sp³-hybridized carbons (Fsp3) is 0.933. The Kier molecular flexibility index (Phi) is 3.95. The number of aliphatic carboxylic acids is 1. The van der Waals surface area contributed by atoms with Gasteiger partial charge in [-0.15, -0.1) is 0 Å². The van der Waals surface area contributed by atoms with E-state index >= 15 is 0 Å². The molecule has 1 N–H and O–H groups in total. The maximum absolute atomic E-state index is 11.0. The monoisotopic (exact) mass is 240 g/mol. The first kappa shape index (κ1) is 14.5. The van der Waals surface area contributed by atoms with Crippen molar-refractivity contribution in [2.24, 2.45) is 28.6 Å². The molecule has 1 aliphatic rings. The van der Waals surface area contributed by atoms with Gasteiger partial charge in [0.1, 0.15) is 0 Å². The molecule has 1 saturated carbocycles. The summed E-state index contributed by atoms with van der Waals surface area (Å²) in [5.41, 5.74) is 0.404. The summed E-state index contributed by atoms with van der Waals surface area (Å²) in [7, 11) is 0. The summed E-state index contributed by atoms with van der Waals surface area (Å²) in [6.45, 7) is 13.7. The maximum Gasteiger partial charge on any atom is 0.303 e. The predicted octanol–water partition coefficient (Wildman–Crippen LogP) is 4.20. The summed E-state index contributed by atoms with van der Waals surface area (Å²) in [4.78, 5) is 11.0. The maximum atomic E-state index is 11.0. The van der Waals surface area contributed by atoms with Gasteiger partial charge >= 0.3 is 5.97 Å². The van der Waals surface area contributed by atoms with E-state index in [1.807, 2.05) is 0 Å². The first-order chi connectivity index (χ1) is 7.66.